The van der Waals surface area contributed by atoms with Crippen LogP contribution < -0.4 is 14.9 Å². The standard InChI is InChI=1S/C32H32N4O4S/c37-32(31(34-38)23-24-7-3-1-4-8-24)33-27-13-15-29(16-14-27)36-21-19-28(20-22-36)35-41(39,40)30-17-11-26(12-18-30)25-9-5-2-6-10-25/h1-18,28,31,35H,19-23H2,(H,33,37). The van der Waals surface area contributed by atoms with Gasteiger partial charge in [0.25, 0.3) is 5.91 Å². The number of nitrogens with zero attached hydrogens (tertiary/aromatic N) is 2. The summed E-state index contributed by atoms with van der Waals surface area (Å²) in [7, 11) is -3.63. The Labute approximate surface area is 240 Å². The molecule has 4 aromatic rings. The van der Waals surface area contributed by atoms with E-state index in [0.717, 1.165) is 22.4 Å². The summed E-state index contributed by atoms with van der Waals surface area (Å²) >= 11 is 0. The molecule has 1 heterocycles. The monoisotopic (exact) mass is 568 g/mol. The first-order valence-electron chi connectivity index (χ1n) is 13.6. The molecule has 1 aliphatic heterocycles. The van der Waals surface area contributed by atoms with Crippen LogP contribution in [0.2, 0.25) is 0 Å². The van der Waals surface area contributed by atoms with E-state index >= 15 is 0 Å². The van der Waals surface area contributed by atoms with Crippen LogP contribution in [-0.2, 0) is 21.2 Å². The molecule has 210 valence electrons. The van der Waals surface area contributed by atoms with Crippen molar-refractivity contribution in [3.8, 4) is 11.1 Å². The van der Waals surface area contributed by atoms with Crippen molar-refractivity contribution in [2.24, 2.45) is 5.18 Å². The number of hydrogen-bond acceptors (Lipinski definition) is 6. The summed E-state index contributed by atoms with van der Waals surface area (Å²) in [6.45, 7) is 1.39. The predicted octanol–water partition coefficient (Wildman–Crippen LogP) is 5.62. The highest BCUT2D eigenvalue weighted by Gasteiger charge is 2.25. The number of benzene rings is 4. The molecule has 9 heteroatoms. The molecule has 0 saturated carbocycles. The smallest absolute Gasteiger partial charge is 0.253 e. The number of carbonyl (C=O) groups is 1. The number of amides is 1. The molecule has 0 spiro atoms. The van der Waals surface area contributed by atoms with Gasteiger partial charge >= 0.3 is 0 Å². The van der Waals surface area contributed by atoms with Crippen LogP contribution >= 0.6 is 0 Å². The molecule has 4 aromatic carbocycles. The summed E-state index contributed by atoms with van der Waals surface area (Å²) in [5.41, 5.74) is 4.44. The number of carbonyl (C=O) groups excluding carboxylic acids is 1. The zero-order valence-corrected chi connectivity index (χ0v) is 23.3. The second-order valence-electron chi connectivity index (χ2n) is 10.1. The lowest BCUT2D eigenvalue weighted by molar-refractivity contribution is -0.117. The predicted molar refractivity (Wildman–Crippen MR) is 162 cm³/mol. The summed E-state index contributed by atoms with van der Waals surface area (Å²) in [6.07, 6.45) is 1.59. The van der Waals surface area contributed by atoms with Gasteiger partial charge in [0.1, 0.15) is 0 Å². The lowest BCUT2D eigenvalue weighted by Crippen LogP contribution is -2.44. The van der Waals surface area contributed by atoms with Crippen LogP contribution in [-0.4, -0.2) is 39.5 Å². The maximum atomic E-state index is 13.0. The van der Waals surface area contributed by atoms with E-state index in [4.69, 9.17) is 0 Å². The van der Waals surface area contributed by atoms with Gasteiger partial charge in [-0.05, 0) is 65.9 Å². The molecule has 0 aromatic heterocycles. The van der Waals surface area contributed by atoms with E-state index in [-0.39, 0.29) is 17.4 Å². The normalized spacial score (nSPS) is 14.8. The summed E-state index contributed by atoms with van der Waals surface area (Å²) in [5, 5.41) is 5.80. The summed E-state index contributed by atoms with van der Waals surface area (Å²) in [6, 6.07) is 32.4. The first-order valence-corrected chi connectivity index (χ1v) is 15.1. The highest BCUT2D eigenvalue weighted by molar-refractivity contribution is 7.89. The minimum atomic E-state index is -3.63. The number of rotatable bonds is 10. The van der Waals surface area contributed by atoms with Gasteiger partial charge in [-0.25, -0.2) is 13.1 Å². The van der Waals surface area contributed by atoms with Crippen molar-refractivity contribution in [3.63, 3.8) is 0 Å². The third-order valence-corrected chi connectivity index (χ3v) is 8.83. The first kappa shape index (κ1) is 28.2. The van der Waals surface area contributed by atoms with Crippen LogP contribution in [0.1, 0.15) is 18.4 Å². The highest BCUT2D eigenvalue weighted by Crippen LogP contribution is 2.25. The number of piperidine rings is 1. The Kier molecular flexibility index (Phi) is 8.86. The van der Waals surface area contributed by atoms with Gasteiger partial charge in [-0.15, -0.1) is 4.91 Å². The van der Waals surface area contributed by atoms with Crippen LogP contribution in [0.25, 0.3) is 11.1 Å². The van der Waals surface area contributed by atoms with E-state index < -0.39 is 22.0 Å². The fourth-order valence-corrected chi connectivity index (χ4v) is 6.30. The zero-order chi connectivity index (χ0) is 28.7. The number of hydrogen-bond donors (Lipinski definition) is 2. The quantitative estimate of drug-likeness (QED) is 0.242. The third-order valence-electron chi connectivity index (χ3n) is 7.29. The van der Waals surface area contributed by atoms with E-state index in [1.807, 2.05) is 84.9 Å². The number of sulfonamides is 1. The molecule has 1 saturated heterocycles. The van der Waals surface area contributed by atoms with Gasteiger partial charge in [-0.3, -0.25) is 4.79 Å². The van der Waals surface area contributed by atoms with Crippen molar-refractivity contribution in [2.75, 3.05) is 23.3 Å². The summed E-state index contributed by atoms with van der Waals surface area (Å²) < 4.78 is 28.9. The Hall–Kier alpha value is -4.34. The van der Waals surface area contributed by atoms with E-state index in [9.17, 15) is 18.1 Å². The van der Waals surface area contributed by atoms with Crippen molar-refractivity contribution >= 4 is 27.3 Å². The van der Waals surface area contributed by atoms with E-state index in [0.29, 0.717) is 31.6 Å². The Morgan fingerprint density at radius 2 is 1.39 bits per heavy atom. The third kappa shape index (κ3) is 7.25. The second kappa shape index (κ2) is 12.9. The van der Waals surface area contributed by atoms with Gasteiger partial charge in [0.2, 0.25) is 10.0 Å². The number of nitrogens with one attached hydrogen (secondary N) is 2. The molecule has 1 aliphatic rings. The summed E-state index contributed by atoms with van der Waals surface area (Å²) in [5.74, 6) is -0.445. The van der Waals surface area contributed by atoms with Gasteiger partial charge in [0, 0.05) is 36.9 Å². The van der Waals surface area contributed by atoms with Crippen LogP contribution in [0.15, 0.2) is 119 Å². The second-order valence-corrected chi connectivity index (χ2v) is 11.8. The molecule has 0 radical (unpaired) electrons. The zero-order valence-electron chi connectivity index (χ0n) is 22.5. The Morgan fingerprint density at radius 3 is 2.00 bits per heavy atom. The van der Waals surface area contributed by atoms with Crippen molar-refractivity contribution in [1.29, 1.82) is 0 Å². The van der Waals surface area contributed by atoms with Gasteiger partial charge in [-0.2, -0.15) is 0 Å². The largest absolute Gasteiger partial charge is 0.371 e. The van der Waals surface area contributed by atoms with Crippen LogP contribution in [0.3, 0.4) is 0 Å². The molecule has 1 amide bonds. The van der Waals surface area contributed by atoms with E-state index in [1.165, 1.54) is 0 Å². The van der Waals surface area contributed by atoms with Crippen LogP contribution in [0.5, 0.6) is 0 Å². The molecular formula is C32H32N4O4S. The maximum absolute atomic E-state index is 13.0. The average Bonchev–Trinajstić information content (AvgIpc) is 3.01. The highest BCUT2D eigenvalue weighted by atomic mass is 32.2. The lowest BCUT2D eigenvalue weighted by Gasteiger charge is -2.34. The Bertz CT molecular complexity index is 1550. The molecule has 1 atom stereocenters. The minimum Gasteiger partial charge on any atom is -0.371 e. The number of anilines is 2. The van der Waals surface area contributed by atoms with Gasteiger partial charge < -0.3 is 10.2 Å². The molecule has 1 unspecified atom stereocenters. The van der Waals surface area contributed by atoms with Crippen molar-refractivity contribution < 1.29 is 13.2 Å². The first-order chi connectivity index (χ1) is 19.9. The molecule has 41 heavy (non-hydrogen) atoms. The molecule has 0 aliphatic carbocycles. The van der Waals surface area contributed by atoms with Gasteiger partial charge in [0.15, 0.2) is 6.04 Å². The molecule has 1 fully saturated rings. The lowest BCUT2D eigenvalue weighted by atomic mass is 10.1. The van der Waals surface area contributed by atoms with Gasteiger partial charge in [-0.1, -0.05) is 78.0 Å². The minimum absolute atomic E-state index is 0.152. The topological polar surface area (TPSA) is 108 Å². The van der Waals surface area contributed by atoms with Gasteiger partial charge in [0.05, 0.1) is 4.90 Å². The van der Waals surface area contributed by atoms with Crippen LogP contribution in [0, 0.1) is 4.91 Å². The number of nitroso groups, excluding NO2 is 1. The molecule has 0 bridgehead atoms. The molecule has 5 rings (SSSR count). The van der Waals surface area contributed by atoms with Crippen LogP contribution in [0.4, 0.5) is 11.4 Å². The molecule has 2 N–H and O–H groups in total. The average molecular weight is 569 g/mol. The Morgan fingerprint density at radius 1 is 0.805 bits per heavy atom. The SMILES string of the molecule is O=NC(Cc1ccccc1)C(=O)Nc1ccc(N2CCC(NS(=O)(=O)c3ccc(-c4ccccc4)cc3)CC2)cc1. The van der Waals surface area contributed by atoms with Crippen molar-refractivity contribution in [1.82, 2.24) is 4.72 Å². The fourth-order valence-electron chi connectivity index (χ4n) is 5.00. The van der Waals surface area contributed by atoms with Crippen molar-refractivity contribution in [2.45, 2.75) is 36.2 Å². The Balaban J connectivity index is 1.12. The summed E-state index contributed by atoms with van der Waals surface area (Å²) in [4.78, 5) is 26.3. The fraction of sp³-hybridized carbons (Fsp3) is 0.219. The maximum Gasteiger partial charge on any atom is 0.253 e. The molecule has 8 nitrogen and oxygen atoms in total. The van der Waals surface area contributed by atoms with E-state index in [2.05, 4.69) is 20.1 Å². The van der Waals surface area contributed by atoms with Crippen molar-refractivity contribution in [3.05, 3.63) is 120 Å². The molecular weight excluding hydrogens is 536 g/mol. The van der Waals surface area contributed by atoms with E-state index in [1.54, 1.807) is 24.3 Å².